The first-order chi connectivity index (χ1) is 13.6. The maximum atomic E-state index is 11.1. The van der Waals surface area contributed by atoms with Gasteiger partial charge in [0.2, 0.25) is 5.58 Å². The molecule has 154 valence electrons. The van der Waals surface area contributed by atoms with Crippen LogP contribution in [0, 0.1) is 0 Å². The molecule has 3 rings (SSSR count). The van der Waals surface area contributed by atoms with E-state index >= 15 is 0 Å². The van der Waals surface area contributed by atoms with Crippen molar-refractivity contribution in [2.45, 2.75) is 45.6 Å². The summed E-state index contributed by atoms with van der Waals surface area (Å²) in [4.78, 5) is 0. The molecule has 5 nitrogen and oxygen atoms in total. The van der Waals surface area contributed by atoms with E-state index < -0.39 is 10.1 Å². The van der Waals surface area contributed by atoms with E-state index in [0.29, 0.717) is 18.9 Å². The van der Waals surface area contributed by atoms with Crippen molar-refractivity contribution in [3.63, 3.8) is 0 Å². The highest BCUT2D eigenvalue weighted by Gasteiger charge is 2.24. The highest BCUT2D eigenvalue weighted by atomic mass is 32.2. The monoisotopic (exact) mass is 414 g/mol. The SMILES string of the molecule is CC(C)(C)c1ccc2oc(/C=C/Cc3ccccc3)[n+](CCCS(=O)(=O)O)c2c1. The van der Waals surface area contributed by atoms with Crippen molar-refractivity contribution >= 4 is 27.3 Å². The van der Waals surface area contributed by atoms with Gasteiger partial charge < -0.3 is 4.42 Å². The minimum atomic E-state index is -3.99. The topological polar surface area (TPSA) is 71.4 Å². The van der Waals surface area contributed by atoms with Gasteiger partial charge in [-0.3, -0.25) is 4.55 Å². The number of allylic oxidation sites excluding steroid dienone is 1. The van der Waals surface area contributed by atoms with Gasteiger partial charge in [-0.15, -0.1) is 0 Å². The maximum absolute atomic E-state index is 11.1. The second-order valence-electron chi connectivity index (χ2n) is 8.26. The largest absolute Gasteiger partial charge is 0.398 e. The zero-order valence-corrected chi connectivity index (χ0v) is 17.9. The number of aryl methyl sites for hydroxylation is 1. The predicted octanol–water partition coefficient (Wildman–Crippen LogP) is 4.55. The summed E-state index contributed by atoms with van der Waals surface area (Å²) in [6, 6.07) is 16.3. The molecule has 3 aromatic rings. The summed E-state index contributed by atoms with van der Waals surface area (Å²) in [6.07, 6.45) is 5.04. The predicted molar refractivity (Wildman–Crippen MR) is 115 cm³/mol. The summed E-state index contributed by atoms with van der Waals surface area (Å²) < 4.78 is 39.4. The number of hydrogen-bond donors (Lipinski definition) is 1. The van der Waals surface area contributed by atoms with E-state index in [1.165, 1.54) is 11.1 Å². The number of rotatable bonds is 7. The highest BCUT2D eigenvalue weighted by molar-refractivity contribution is 7.85. The zero-order valence-electron chi connectivity index (χ0n) is 17.1. The molecule has 0 radical (unpaired) electrons. The van der Waals surface area contributed by atoms with Crippen molar-refractivity contribution in [2.75, 3.05) is 5.75 Å². The van der Waals surface area contributed by atoms with Crippen molar-refractivity contribution in [1.82, 2.24) is 0 Å². The number of hydrogen-bond acceptors (Lipinski definition) is 3. The Kier molecular flexibility index (Phi) is 6.24. The van der Waals surface area contributed by atoms with Gasteiger partial charge >= 0.3 is 5.89 Å². The second kappa shape index (κ2) is 8.51. The van der Waals surface area contributed by atoms with Gasteiger partial charge in [0.05, 0.1) is 5.75 Å². The quantitative estimate of drug-likeness (QED) is 0.455. The summed E-state index contributed by atoms with van der Waals surface area (Å²) in [7, 11) is -3.99. The summed E-state index contributed by atoms with van der Waals surface area (Å²) >= 11 is 0. The summed E-state index contributed by atoms with van der Waals surface area (Å²) in [5, 5.41) is 0. The Morgan fingerprint density at radius 3 is 2.48 bits per heavy atom. The van der Waals surface area contributed by atoms with Gasteiger partial charge in [-0.1, -0.05) is 63.2 Å². The molecule has 0 unspecified atom stereocenters. The molecule has 0 saturated heterocycles. The zero-order chi connectivity index (χ0) is 21.1. The number of fused-ring (bicyclic) bond motifs is 1. The first kappa shape index (κ1) is 21.3. The molecular formula is C23H28NO4S+. The fraction of sp³-hybridized carbons (Fsp3) is 0.348. The van der Waals surface area contributed by atoms with Crippen molar-refractivity contribution in [2.24, 2.45) is 0 Å². The van der Waals surface area contributed by atoms with Gasteiger partial charge in [0.25, 0.3) is 15.6 Å². The van der Waals surface area contributed by atoms with Crippen LogP contribution in [0.3, 0.4) is 0 Å². The highest BCUT2D eigenvalue weighted by Crippen LogP contribution is 2.26. The average Bonchev–Trinajstić information content (AvgIpc) is 2.98. The summed E-state index contributed by atoms with van der Waals surface area (Å²) in [5.74, 6) is 0.385. The molecule has 0 spiro atoms. The van der Waals surface area contributed by atoms with E-state index in [1.54, 1.807) is 0 Å². The smallest absolute Gasteiger partial charge is 0.373 e. The first-order valence-corrected chi connectivity index (χ1v) is 11.4. The maximum Gasteiger partial charge on any atom is 0.373 e. The van der Waals surface area contributed by atoms with Gasteiger partial charge in [0, 0.05) is 18.6 Å². The van der Waals surface area contributed by atoms with Crippen molar-refractivity contribution in [3.8, 4) is 0 Å². The van der Waals surface area contributed by atoms with Crippen LogP contribution in [0.1, 0.15) is 44.2 Å². The van der Waals surface area contributed by atoms with E-state index in [4.69, 9.17) is 8.97 Å². The lowest BCUT2D eigenvalue weighted by molar-refractivity contribution is -0.677. The Bertz CT molecular complexity index is 1110. The number of aromatic nitrogens is 1. The minimum Gasteiger partial charge on any atom is -0.398 e. The first-order valence-electron chi connectivity index (χ1n) is 9.76. The van der Waals surface area contributed by atoms with Gasteiger partial charge in [-0.2, -0.15) is 13.0 Å². The van der Waals surface area contributed by atoms with Crippen LogP contribution in [-0.2, 0) is 28.5 Å². The number of oxazole rings is 1. The molecule has 0 amide bonds. The molecule has 0 aliphatic heterocycles. The molecule has 1 heterocycles. The van der Waals surface area contributed by atoms with Crippen LogP contribution in [0.15, 0.2) is 59.0 Å². The van der Waals surface area contributed by atoms with Gasteiger partial charge in [0.1, 0.15) is 0 Å². The van der Waals surface area contributed by atoms with Crippen molar-refractivity contribution < 1.29 is 22.0 Å². The number of nitrogens with zero attached hydrogens (tertiary/aromatic N) is 1. The molecule has 6 heteroatoms. The van der Waals surface area contributed by atoms with E-state index in [9.17, 15) is 8.42 Å². The Hall–Kier alpha value is -2.44. The van der Waals surface area contributed by atoms with Gasteiger partial charge in [-0.05, 0) is 29.0 Å². The molecular weight excluding hydrogens is 386 g/mol. The molecule has 0 bridgehead atoms. The molecule has 1 N–H and O–H groups in total. The lowest BCUT2D eigenvalue weighted by Gasteiger charge is -2.17. The second-order valence-corrected chi connectivity index (χ2v) is 9.83. The lowest BCUT2D eigenvalue weighted by atomic mass is 9.87. The van der Waals surface area contributed by atoms with Crippen LogP contribution in [-0.4, -0.2) is 18.7 Å². The fourth-order valence-corrected chi connectivity index (χ4v) is 3.73. The van der Waals surface area contributed by atoms with Crippen molar-refractivity contribution in [3.05, 3.63) is 71.6 Å². The van der Waals surface area contributed by atoms with E-state index in [2.05, 4.69) is 45.0 Å². The Labute approximate surface area is 172 Å². The third-order valence-corrected chi connectivity index (χ3v) is 5.64. The van der Waals surface area contributed by atoms with Crippen LogP contribution in [0.4, 0.5) is 0 Å². The van der Waals surface area contributed by atoms with Gasteiger partial charge in [-0.25, -0.2) is 0 Å². The fourth-order valence-electron chi connectivity index (χ4n) is 3.24. The minimum absolute atomic E-state index is 0.0129. The van der Waals surface area contributed by atoms with Crippen molar-refractivity contribution in [1.29, 1.82) is 0 Å². The molecule has 0 atom stereocenters. The van der Waals surface area contributed by atoms with E-state index in [1.807, 2.05) is 41.0 Å². The van der Waals surface area contributed by atoms with E-state index in [-0.39, 0.29) is 11.2 Å². The van der Waals surface area contributed by atoms with Gasteiger partial charge in [0.15, 0.2) is 6.54 Å². The van der Waals surface area contributed by atoms with Crippen LogP contribution < -0.4 is 4.57 Å². The Morgan fingerprint density at radius 1 is 1.10 bits per heavy atom. The molecule has 0 aliphatic rings. The molecule has 0 fully saturated rings. The Morgan fingerprint density at radius 2 is 1.83 bits per heavy atom. The molecule has 0 saturated carbocycles. The number of benzene rings is 2. The van der Waals surface area contributed by atoms with Crippen LogP contribution in [0.25, 0.3) is 17.2 Å². The molecule has 1 aromatic heterocycles. The molecule has 0 aliphatic carbocycles. The lowest BCUT2D eigenvalue weighted by Crippen LogP contribution is -2.36. The third kappa shape index (κ3) is 5.78. The molecule has 29 heavy (non-hydrogen) atoms. The van der Waals surface area contributed by atoms with Crippen LogP contribution >= 0.6 is 0 Å². The average molecular weight is 415 g/mol. The summed E-state index contributed by atoms with van der Waals surface area (Å²) in [5.41, 5.74) is 4.04. The van der Waals surface area contributed by atoms with E-state index in [0.717, 1.165) is 17.5 Å². The normalized spacial score (nSPS) is 12.8. The Balaban J connectivity index is 1.94. The van der Waals surface area contributed by atoms with Crippen LogP contribution in [0.2, 0.25) is 0 Å². The standard InChI is InChI=1S/C23H27NO4S/c1-23(2,3)19-13-14-21-20(17-19)24(15-8-16-29(25,26)27)22(28-21)12-7-11-18-9-5-4-6-10-18/h4-7,9-10,12-14,17H,8,11,15-16H2,1-3H3/p+1/b12-7+. The van der Waals surface area contributed by atoms with Crippen LogP contribution in [0.5, 0.6) is 0 Å². The molecule has 2 aromatic carbocycles. The third-order valence-electron chi connectivity index (χ3n) is 4.84. The summed E-state index contributed by atoms with van der Waals surface area (Å²) in [6.45, 7) is 6.89.